The maximum absolute atomic E-state index is 11.7. The fraction of sp³-hybridized carbons (Fsp3) is 0.750. The summed E-state index contributed by atoms with van der Waals surface area (Å²) in [6, 6.07) is 0. The van der Waals surface area contributed by atoms with Gasteiger partial charge in [-0.25, -0.2) is 0 Å². The van der Waals surface area contributed by atoms with E-state index in [1.165, 1.54) is 6.92 Å². The molecule has 18 heavy (non-hydrogen) atoms. The van der Waals surface area contributed by atoms with Crippen molar-refractivity contribution in [2.45, 2.75) is 26.7 Å². The second-order valence-electron chi connectivity index (χ2n) is 4.72. The highest BCUT2D eigenvalue weighted by Gasteiger charge is 2.26. The Labute approximate surface area is 106 Å². The molecule has 2 atom stereocenters. The van der Waals surface area contributed by atoms with Crippen molar-refractivity contribution in [2.75, 3.05) is 19.6 Å². The monoisotopic (exact) mass is 256 g/mol. The molecule has 2 amide bonds. The minimum atomic E-state index is -1.01. The number of aliphatic carboxylic acids is 1. The zero-order valence-corrected chi connectivity index (χ0v) is 10.8. The van der Waals surface area contributed by atoms with E-state index < -0.39 is 23.7 Å². The Morgan fingerprint density at radius 1 is 1.17 bits per heavy atom. The maximum atomic E-state index is 11.7. The number of nitrogens with one attached hydrogen (secondary N) is 1. The van der Waals surface area contributed by atoms with Gasteiger partial charge in [-0.05, 0) is 12.8 Å². The molecule has 2 unspecified atom stereocenters. The van der Waals surface area contributed by atoms with Gasteiger partial charge < -0.3 is 15.3 Å². The average Bonchev–Trinajstić information content (AvgIpc) is 2.87. The Morgan fingerprint density at radius 2 is 1.72 bits per heavy atom. The predicted octanol–water partition coefficient (Wildman–Crippen LogP) is 0.0818. The van der Waals surface area contributed by atoms with Crippen LogP contribution in [0.4, 0.5) is 0 Å². The van der Waals surface area contributed by atoms with Crippen LogP contribution in [0.25, 0.3) is 0 Å². The van der Waals surface area contributed by atoms with Gasteiger partial charge in [-0.2, -0.15) is 0 Å². The number of likely N-dealkylation sites (tertiary alicyclic amines) is 1. The normalized spacial score (nSPS) is 18.2. The van der Waals surface area contributed by atoms with Crippen LogP contribution in [0.15, 0.2) is 0 Å². The third-order valence-electron chi connectivity index (χ3n) is 3.43. The van der Waals surface area contributed by atoms with Crippen LogP contribution in [0.3, 0.4) is 0 Å². The standard InChI is InChI=1S/C12H20N2O4/c1-8(9(2)12(17)18)11(16)13-7-10(15)14-5-3-4-6-14/h8-9H,3-7H2,1-2H3,(H,13,16)(H,17,18). The minimum absolute atomic E-state index is 0.0461. The molecular weight excluding hydrogens is 236 g/mol. The number of hydrogen-bond acceptors (Lipinski definition) is 3. The second kappa shape index (κ2) is 6.37. The molecule has 1 aliphatic rings. The Balaban J connectivity index is 2.36. The quantitative estimate of drug-likeness (QED) is 0.729. The number of amides is 2. The Bertz CT molecular complexity index is 337. The zero-order valence-electron chi connectivity index (χ0n) is 10.8. The van der Waals surface area contributed by atoms with Crippen molar-refractivity contribution >= 4 is 17.8 Å². The number of nitrogens with zero attached hydrogens (tertiary/aromatic N) is 1. The highest BCUT2D eigenvalue weighted by Crippen LogP contribution is 2.11. The fourth-order valence-corrected chi connectivity index (χ4v) is 1.84. The van der Waals surface area contributed by atoms with Gasteiger partial charge in [-0.3, -0.25) is 14.4 Å². The van der Waals surface area contributed by atoms with Gasteiger partial charge in [0, 0.05) is 19.0 Å². The van der Waals surface area contributed by atoms with Gasteiger partial charge in [0.2, 0.25) is 11.8 Å². The number of carboxylic acids is 1. The Hall–Kier alpha value is -1.59. The number of hydrogen-bond donors (Lipinski definition) is 2. The molecule has 102 valence electrons. The maximum Gasteiger partial charge on any atom is 0.307 e. The zero-order chi connectivity index (χ0) is 13.7. The van der Waals surface area contributed by atoms with Crippen LogP contribution in [-0.4, -0.2) is 47.4 Å². The van der Waals surface area contributed by atoms with Crippen LogP contribution in [0.2, 0.25) is 0 Å². The van der Waals surface area contributed by atoms with E-state index in [0.29, 0.717) is 0 Å². The van der Waals surface area contributed by atoms with Crippen molar-refractivity contribution in [2.24, 2.45) is 11.8 Å². The summed E-state index contributed by atoms with van der Waals surface area (Å²) < 4.78 is 0. The van der Waals surface area contributed by atoms with Crippen LogP contribution < -0.4 is 5.32 Å². The lowest BCUT2D eigenvalue weighted by Gasteiger charge is -2.18. The Morgan fingerprint density at radius 3 is 2.22 bits per heavy atom. The van der Waals surface area contributed by atoms with E-state index in [1.54, 1.807) is 11.8 Å². The van der Waals surface area contributed by atoms with Crippen LogP contribution in [0, 0.1) is 11.8 Å². The molecule has 0 bridgehead atoms. The average molecular weight is 256 g/mol. The molecule has 6 heteroatoms. The lowest BCUT2D eigenvalue weighted by atomic mass is 9.95. The van der Waals surface area contributed by atoms with Crippen molar-refractivity contribution in [3.05, 3.63) is 0 Å². The lowest BCUT2D eigenvalue weighted by molar-refractivity contribution is -0.146. The molecule has 0 saturated carbocycles. The van der Waals surface area contributed by atoms with E-state index in [0.717, 1.165) is 25.9 Å². The van der Waals surface area contributed by atoms with Crippen molar-refractivity contribution < 1.29 is 19.5 Å². The SMILES string of the molecule is CC(C(=O)O)C(C)C(=O)NCC(=O)N1CCCC1. The molecule has 0 aliphatic carbocycles. The van der Waals surface area contributed by atoms with E-state index in [9.17, 15) is 14.4 Å². The van der Waals surface area contributed by atoms with Gasteiger partial charge in [0.05, 0.1) is 12.5 Å². The van der Waals surface area contributed by atoms with Crippen LogP contribution in [0.5, 0.6) is 0 Å². The molecule has 6 nitrogen and oxygen atoms in total. The summed E-state index contributed by atoms with van der Waals surface area (Å²) >= 11 is 0. The summed E-state index contributed by atoms with van der Waals surface area (Å²) in [6.45, 7) is 4.48. The Kier molecular flexibility index (Phi) is 5.12. The van der Waals surface area contributed by atoms with Gasteiger partial charge in [-0.1, -0.05) is 13.8 Å². The largest absolute Gasteiger partial charge is 0.481 e. The molecule has 0 spiro atoms. The van der Waals surface area contributed by atoms with E-state index in [-0.39, 0.29) is 12.5 Å². The molecule has 1 aliphatic heterocycles. The van der Waals surface area contributed by atoms with Gasteiger partial charge >= 0.3 is 5.97 Å². The third-order valence-corrected chi connectivity index (χ3v) is 3.43. The highest BCUT2D eigenvalue weighted by atomic mass is 16.4. The van der Waals surface area contributed by atoms with Crippen molar-refractivity contribution in [3.8, 4) is 0 Å². The first kappa shape index (κ1) is 14.5. The second-order valence-corrected chi connectivity index (χ2v) is 4.72. The molecular formula is C12H20N2O4. The van der Waals surface area contributed by atoms with Crippen LogP contribution >= 0.6 is 0 Å². The van der Waals surface area contributed by atoms with Crippen LogP contribution in [0.1, 0.15) is 26.7 Å². The minimum Gasteiger partial charge on any atom is -0.481 e. The van der Waals surface area contributed by atoms with Crippen LogP contribution in [-0.2, 0) is 14.4 Å². The first-order valence-corrected chi connectivity index (χ1v) is 6.21. The molecule has 0 aromatic rings. The fourth-order valence-electron chi connectivity index (χ4n) is 1.84. The number of carbonyl (C=O) groups excluding carboxylic acids is 2. The van der Waals surface area contributed by atoms with Gasteiger partial charge in [-0.15, -0.1) is 0 Å². The summed E-state index contributed by atoms with van der Waals surface area (Å²) in [5, 5.41) is 11.3. The summed E-state index contributed by atoms with van der Waals surface area (Å²) in [5.41, 5.74) is 0. The van der Waals surface area contributed by atoms with E-state index >= 15 is 0 Å². The van der Waals surface area contributed by atoms with Crippen molar-refractivity contribution in [1.82, 2.24) is 10.2 Å². The summed E-state index contributed by atoms with van der Waals surface area (Å²) in [5.74, 6) is -2.90. The summed E-state index contributed by atoms with van der Waals surface area (Å²) in [7, 11) is 0. The number of rotatable bonds is 5. The molecule has 1 saturated heterocycles. The number of carboxylic acid groups (broad SMARTS) is 1. The molecule has 2 N–H and O–H groups in total. The number of carbonyl (C=O) groups is 3. The van der Waals surface area contributed by atoms with Gasteiger partial charge in [0.1, 0.15) is 0 Å². The van der Waals surface area contributed by atoms with Gasteiger partial charge in [0.25, 0.3) is 0 Å². The summed E-state index contributed by atoms with van der Waals surface area (Å²) in [4.78, 5) is 35.8. The molecule has 1 rings (SSSR count). The molecule has 1 heterocycles. The smallest absolute Gasteiger partial charge is 0.307 e. The molecule has 0 radical (unpaired) electrons. The first-order valence-electron chi connectivity index (χ1n) is 6.21. The third kappa shape index (κ3) is 3.72. The summed E-state index contributed by atoms with van der Waals surface area (Å²) in [6.07, 6.45) is 2.01. The topological polar surface area (TPSA) is 86.7 Å². The molecule has 1 fully saturated rings. The van der Waals surface area contributed by atoms with E-state index in [1.807, 2.05) is 0 Å². The van der Waals surface area contributed by atoms with E-state index in [2.05, 4.69) is 5.32 Å². The van der Waals surface area contributed by atoms with Crippen molar-refractivity contribution in [1.29, 1.82) is 0 Å². The lowest BCUT2D eigenvalue weighted by Crippen LogP contribution is -2.42. The molecule has 0 aromatic heterocycles. The highest BCUT2D eigenvalue weighted by molar-refractivity contribution is 5.88. The van der Waals surface area contributed by atoms with E-state index in [4.69, 9.17) is 5.11 Å². The van der Waals surface area contributed by atoms with Gasteiger partial charge in [0.15, 0.2) is 0 Å². The van der Waals surface area contributed by atoms with Crippen molar-refractivity contribution in [3.63, 3.8) is 0 Å². The first-order chi connectivity index (χ1) is 8.43. The predicted molar refractivity (Wildman–Crippen MR) is 64.8 cm³/mol. The molecule has 0 aromatic carbocycles.